The zero-order chi connectivity index (χ0) is 29.5. The number of aryl methyl sites for hydroxylation is 4. The molecule has 0 heterocycles. The first-order valence-corrected chi connectivity index (χ1v) is 13.3. The molecule has 0 spiro atoms. The summed E-state index contributed by atoms with van der Waals surface area (Å²) in [6, 6.07) is 11.3. The Bertz CT molecular complexity index is 1200. The van der Waals surface area contributed by atoms with E-state index in [0.717, 1.165) is 22.3 Å². The van der Waals surface area contributed by atoms with E-state index in [0.29, 0.717) is 17.7 Å². The van der Waals surface area contributed by atoms with Gasteiger partial charge in [0, 0.05) is 5.69 Å². The van der Waals surface area contributed by atoms with Gasteiger partial charge in [0.25, 0.3) is 5.91 Å². The van der Waals surface area contributed by atoms with Gasteiger partial charge in [-0.3, -0.25) is 9.59 Å². The summed E-state index contributed by atoms with van der Waals surface area (Å²) in [4.78, 5) is 42.1. The maximum atomic E-state index is 14.1. The topological polar surface area (TPSA) is 112 Å². The predicted molar refractivity (Wildman–Crippen MR) is 153 cm³/mol. The van der Waals surface area contributed by atoms with E-state index < -0.39 is 35.6 Å². The number of hydrogen-bond donors (Lipinski definition) is 2. The summed E-state index contributed by atoms with van der Waals surface area (Å²) >= 11 is 0. The van der Waals surface area contributed by atoms with E-state index in [2.05, 4.69) is 16.7 Å². The van der Waals surface area contributed by atoms with Crippen LogP contribution in [0.15, 0.2) is 36.4 Å². The lowest BCUT2D eigenvalue weighted by molar-refractivity contribution is -0.141. The van der Waals surface area contributed by atoms with Gasteiger partial charge < -0.3 is 20.3 Å². The number of anilines is 1. The number of nitrogens with zero attached hydrogens (tertiary/aromatic N) is 2. The highest BCUT2D eigenvalue weighted by Gasteiger charge is 2.38. The summed E-state index contributed by atoms with van der Waals surface area (Å²) in [5.74, 6) is -1.26. The molecule has 8 nitrogen and oxygen atoms in total. The van der Waals surface area contributed by atoms with Gasteiger partial charge in [-0.15, -0.1) is 0 Å². The molecule has 0 aliphatic rings. The van der Waals surface area contributed by atoms with Crippen molar-refractivity contribution in [1.29, 1.82) is 5.26 Å². The second-order valence-electron chi connectivity index (χ2n) is 11.2. The molecule has 3 amide bonds. The van der Waals surface area contributed by atoms with Crippen LogP contribution in [-0.2, 0) is 14.3 Å². The van der Waals surface area contributed by atoms with Crippen molar-refractivity contribution in [2.75, 3.05) is 11.9 Å². The average Bonchev–Trinajstić information content (AvgIpc) is 2.82. The Hall–Kier alpha value is -3.86. The summed E-state index contributed by atoms with van der Waals surface area (Å²) in [6.45, 7) is 16.2. The third-order valence-corrected chi connectivity index (χ3v) is 6.52. The van der Waals surface area contributed by atoms with Crippen LogP contribution in [0.3, 0.4) is 0 Å². The lowest BCUT2D eigenvalue weighted by Gasteiger charge is -2.35. The maximum absolute atomic E-state index is 14.1. The summed E-state index contributed by atoms with van der Waals surface area (Å²) in [7, 11) is 0. The molecule has 2 N–H and O–H groups in total. The zero-order valence-corrected chi connectivity index (χ0v) is 24.6. The molecule has 0 aliphatic heterocycles. The van der Waals surface area contributed by atoms with Gasteiger partial charge in [0.2, 0.25) is 5.91 Å². The van der Waals surface area contributed by atoms with E-state index in [4.69, 9.17) is 4.74 Å². The van der Waals surface area contributed by atoms with Crippen LogP contribution >= 0.6 is 0 Å². The highest BCUT2D eigenvalue weighted by molar-refractivity contribution is 6.00. The van der Waals surface area contributed by atoms with E-state index in [9.17, 15) is 19.6 Å². The van der Waals surface area contributed by atoms with Crippen LogP contribution < -0.4 is 10.6 Å². The predicted octanol–water partition coefficient (Wildman–Crippen LogP) is 5.89. The number of carbonyl (C=O) groups is 3. The third-order valence-electron chi connectivity index (χ3n) is 6.52. The number of rotatable bonds is 9. The van der Waals surface area contributed by atoms with Gasteiger partial charge in [-0.1, -0.05) is 67.8 Å². The fraction of sp³-hybridized carbons (Fsp3) is 0.484. The van der Waals surface area contributed by atoms with E-state index in [1.807, 2.05) is 77.9 Å². The van der Waals surface area contributed by atoms with Crippen molar-refractivity contribution in [3.63, 3.8) is 0 Å². The molecule has 210 valence electrons. The minimum atomic E-state index is -1.11. The fourth-order valence-corrected chi connectivity index (χ4v) is 4.51. The van der Waals surface area contributed by atoms with Crippen molar-refractivity contribution < 1.29 is 19.1 Å². The van der Waals surface area contributed by atoms with Crippen LogP contribution in [0.4, 0.5) is 10.5 Å². The molecule has 0 radical (unpaired) electrons. The monoisotopic (exact) mass is 534 g/mol. The minimum Gasteiger partial charge on any atom is -0.444 e. The lowest BCUT2D eigenvalue weighted by atomic mass is 9.94. The Labute approximate surface area is 232 Å². The molecule has 0 aliphatic carbocycles. The molecule has 0 bridgehead atoms. The summed E-state index contributed by atoms with van der Waals surface area (Å²) in [5.41, 5.74) is 4.09. The standard InChI is InChI=1S/C31H42N4O4/c1-10-21(4)26(34-30(38)39-31(7,8)9)29(37)35(15-14-32)27(24-17-19(2)16-20(3)18-24)28(36)33-25-22(5)12-11-13-23(25)6/h11-13,16-18,21,26-27H,10,15H2,1-9H3,(H,33,36)(H,34,38). The van der Waals surface area contributed by atoms with Gasteiger partial charge >= 0.3 is 6.09 Å². The Morgan fingerprint density at radius 2 is 1.59 bits per heavy atom. The number of amides is 3. The number of ether oxygens (including phenoxy) is 1. The molecule has 3 atom stereocenters. The fourth-order valence-electron chi connectivity index (χ4n) is 4.51. The van der Waals surface area contributed by atoms with Gasteiger partial charge in [0.15, 0.2) is 0 Å². The van der Waals surface area contributed by atoms with Crippen molar-refractivity contribution >= 4 is 23.6 Å². The van der Waals surface area contributed by atoms with Crippen LogP contribution in [0.2, 0.25) is 0 Å². The second-order valence-corrected chi connectivity index (χ2v) is 11.2. The molecule has 0 saturated carbocycles. The molecule has 0 saturated heterocycles. The number of para-hydroxylation sites is 1. The Morgan fingerprint density at radius 3 is 2.08 bits per heavy atom. The van der Waals surface area contributed by atoms with E-state index in [1.165, 1.54) is 4.90 Å². The number of nitriles is 1. The van der Waals surface area contributed by atoms with Crippen molar-refractivity contribution in [1.82, 2.24) is 10.2 Å². The first-order chi connectivity index (χ1) is 18.2. The normalized spacial score (nSPS) is 13.4. The van der Waals surface area contributed by atoms with Crippen LogP contribution in [-0.4, -0.2) is 41.0 Å². The van der Waals surface area contributed by atoms with Crippen molar-refractivity contribution in [3.05, 3.63) is 64.2 Å². The molecular weight excluding hydrogens is 492 g/mol. The molecule has 3 unspecified atom stereocenters. The van der Waals surface area contributed by atoms with Crippen LogP contribution in [0, 0.1) is 44.9 Å². The smallest absolute Gasteiger partial charge is 0.408 e. The van der Waals surface area contributed by atoms with Crippen LogP contribution in [0.1, 0.15) is 74.9 Å². The number of nitrogens with one attached hydrogen (secondary N) is 2. The molecule has 2 aromatic carbocycles. The Morgan fingerprint density at radius 1 is 1.03 bits per heavy atom. The number of benzene rings is 2. The quantitative estimate of drug-likeness (QED) is 0.390. The first-order valence-electron chi connectivity index (χ1n) is 13.3. The number of carbonyl (C=O) groups excluding carboxylic acids is 3. The summed E-state index contributed by atoms with van der Waals surface area (Å²) in [5, 5.41) is 15.5. The molecule has 2 aromatic rings. The van der Waals surface area contributed by atoms with Crippen LogP contribution in [0.25, 0.3) is 0 Å². The van der Waals surface area contributed by atoms with Crippen LogP contribution in [0.5, 0.6) is 0 Å². The third kappa shape index (κ3) is 8.57. The van der Waals surface area contributed by atoms with Gasteiger partial charge in [0.1, 0.15) is 24.2 Å². The number of hydrogen-bond acceptors (Lipinski definition) is 5. The molecule has 8 heteroatoms. The number of alkyl carbamates (subject to hydrolysis) is 1. The minimum absolute atomic E-state index is 0.284. The summed E-state index contributed by atoms with van der Waals surface area (Å²) < 4.78 is 5.42. The Kier molecular flexibility index (Phi) is 10.7. The maximum Gasteiger partial charge on any atom is 0.408 e. The van der Waals surface area contributed by atoms with Crippen molar-refractivity contribution in [2.24, 2.45) is 5.92 Å². The summed E-state index contributed by atoms with van der Waals surface area (Å²) in [6.07, 6.45) is -0.156. The highest BCUT2D eigenvalue weighted by atomic mass is 16.6. The largest absolute Gasteiger partial charge is 0.444 e. The Balaban J connectivity index is 2.62. The second kappa shape index (κ2) is 13.3. The molecule has 39 heavy (non-hydrogen) atoms. The van der Waals surface area contributed by atoms with Crippen molar-refractivity contribution in [3.8, 4) is 6.07 Å². The highest BCUT2D eigenvalue weighted by Crippen LogP contribution is 2.29. The van der Waals surface area contributed by atoms with E-state index in [-0.39, 0.29) is 12.5 Å². The van der Waals surface area contributed by atoms with Crippen molar-refractivity contribution in [2.45, 2.75) is 86.4 Å². The van der Waals surface area contributed by atoms with Gasteiger partial charge in [-0.05, 0) is 71.1 Å². The first kappa shape index (κ1) is 31.4. The SMILES string of the molecule is CCC(C)C(NC(=O)OC(C)(C)C)C(=O)N(CC#N)C(C(=O)Nc1c(C)cccc1C)c1cc(C)cc(C)c1. The zero-order valence-electron chi connectivity index (χ0n) is 24.6. The molecule has 0 aromatic heterocycles. The average molecular weight is 535 g/mol. The molecule has 0 fully saturated rings. The van der Waals surface area contributed by atoms with Gasteiger partial charge in [-0.2, -0.15) is 5.26 Å². The van der Waals surface area contributed by atoms with E-state index >= 15 is 0 Å². The van der Waals surface area contributed by atoms with Gasteiger partial charge in [-0.25, -0.2) is 4.79 Å². The van der Waals surface area contributed by atoms with E-state index in [1.54, 1.807) is 20.8 Å². The molecular formula is C31H42N4O4. The molecule has 2 rings (SSSR count). The van der Waals surface area contributed by atoms with Gasteiger partial charge in [0.05, 0.1) is 6.07 Å². The lowest BCUT2D eigenvalue weighted by Crippen LogP contribution is -2.54.